The molecule has 4 heteroatoms. The summed E-state index contributed by atoms with van der Waals surface area (Å²) in [4.78, 5) is 12.5. The van der Waals surface area contributed by atoms with E-state index in [1.54, 1.807) is 6.08 Å². The number of aliphatic hydroxyl groups is 2. The molecule has 0 spiro atoms. The van der Waals surface area contributed by atoms with E-state index in [4.69, 9.17) is 0 Å². The van der Waals surface area contributed by atoms with Crippen molar-refractivity contribution in [1.29, 1.82) is 0 Å². The predicted octanol–water partition coefficient (Wildman–Crippen LogP) is 17.8. The Labute approximate surface area is 371 Å². The van der Waals surface area contributed by atoms with Gasteiger partial charge in [-0.3, -0.25) is 4.79 Å². The van der Waals surface area contributed by atoms with Crippen LogP contribution in [-0.4, -0.2) is 34.9 Å². The average molecular weight is 832 g/mol. The van der Waals surface area contributed by atoms with Gasteiger partial charge in [0.15, 0.2) is 0 Å². The zero-order chi connectivity index (χ0) is 42.8. The minimum Gasteiger partial charge on any atom is -0.394 e. The Balaban J connectivity index is 3.44. The van der Waals surface area contributed by atoms with Crippen LogP contribution >= 0.6 is 0 Å². The van der Waals surface area contributed by atoms with E-state index in [0.29, 0.717) is 6.42 Å². The van der Waals surface area contributed by atoms with Crippen molar-refractivity contribution in [3.8, 4) is 0 Å². The summed E-state index contributed by atoms with van der Waals surface area (Å²) in [5, 5.41) is 23.2. The maximum absolute atomic E-state index is 12.5. The maximum atomic E-state index is 12.5. The van der Waals surface area contributed by atoms with Crippen molar-refractivity contribution in [2.45, 2.75) is 328 Å². The quantitative estimate of drug-likeness (QED) is 0.0422. The van der Waals surface area contributed by atoms with E-state index in [1.807, 2.05) is 6.08 Å². The summed E-state index contributed by atoms with van der Waals surface area (Å²) in [6.45, 7) is 4.35. The minimum absolute atomic E-state index is 0.0559. The molecule has 0 aliphatic carbocycles. The van der Waals surface area contributed by atoms with E-state index in [9.17, 15) is 15.0 Å². The molecule has 352 valence electrons. The number of unbranched alkanes of at least 4 members (excludes halogenated alkanes) is 44. The van der Waals surface area contributed by atoms with Crippen molar-refractivity contribution < 1.29 is 15.0 Å². The highest BCUT2D eigenvalue weighted by Gasteiger charge is 2.18. The van der Waals surface area contributed by atoms with Gasteiger partial charge in [0, 0.05) is 6.42 Å². The summed E-state index contributed by atoms with van der Waals surface area (Å²) in [6, 6.07) is -0.618. The van der Waals surface area contributed by atoms with Crippen LogP contribution in [0.5, 0.6) is 0 Å². The summed E-state index contributed by atoms with van der Waals surface area (Å²) < 4.78 is 0. The number of hydrogen-bond acceptors (Lipinski definition) is 3. The molecule has 0 saturated carbocycles. The Hall–Kier alpha value is -0.870. The summed E-state index contributed by atoms with van der Waals surface area (Å²) in [5.74, 6) is -0.0559. The van der Waals surface area contributed by atoms with Gasteiger partial charge in [-0.25, -0.2) is 0 Å². The lowest BCUT2D eigenvalue weighted by atomic mass is 10.0. The SMILES string of the molecule is CCCCCCCCCCCCCCCCCCCC/C=C/C(O)C(CO)NC(=O)CCCCCCCCCCCCCCCCCCCCCCCCCCCCC. The average Bonchev–Trinajstić information content (AvgIpc) is 3.24. The third kappa shape index (κ3) is 48.0. The lowest BCUT2D eigenvalue weighted by Crippen LogP contribution is -2.45. The number of nitrogens with one attached hydrogen (secondary N) is 1. The minimum atomic E-state index is -0.835. The second-order valence-corrected chi connectivity index (χ2v) is 19.0. The Bertz CT molecular complexity index is 814. The number of allylic oxidation sites excluding steroid dienone is 1. The van der Waals surface area contributed by atoms with Gasteiger partial charge in [0.05, 0.1) is 18.8 Å². The van der Waals surface area contributed by atoms with Crippen LogP contribution in [0.2, 0.25) is 0 Å². The van der Waals surface area contributed by atoms with Gasteiger partial charge in [-0.15, -0.1) is 0 Å². The molecule has 4 nitrogen and oxygen atoms in total. The molecule has 2 unspecified atom stereocenters. The third-order valence-corrected chi connectivity index (χ3v) is 13.0. The molecular weight excluding hydrogens is 723 g/mol. The molecule has 0 aromatic heterocycles. The van der Waals surface area contributed by atoms with E-state index in [-0.39, 0.29) is 12.5 Å². The van der Waals surface area contributed by atoms with E-state index < -0.39 is 12.1 Å². The zero-order valence-corrected chi connectivity index (χ0v) is 40.6. The molecule has 0 saturated heterocycles. The molecule has 0 aliphatic rings. The monoisotopic (exact) mass is 832 g/mol. The first-order valence-electron chi connectivity index (χ1n) is 27.4. The number of amides is 1. The van der Waals surface area contributed by atoms with Crippen LogP contribution < -0.4 is 5.32 Å². The van der Waals surface area contributed by atoms with Crippen LogP contribution in [0, 0.1) is 0 Å². The molecule has 0 fully saturated rings. The van der Waals surface area contributed by atoms with Gasteiger partial charge < -0.3 is 15.5 Å². The summed E-state index contributed by atoms with van der Waals surface area (Å²) in [5.41, 5.74) is 0. The topological polar surface area (TPSA) is 69.6 Å². The molecule has 0 radical (unpaired) electrons. The first kappa shape index (κ1) is 58.1. The number of rotatable bonds is 51. The zero-order valence-electron chi connectivity index (χ0n) is 40.6. The molecule has 2 atom stereocenters. The fourth-order valence-corrected chi connectivity index (χ4v) is 8.83. The van der Waals surface area contributed by atoms with Crippen LogP contribution in [0.15, 0.2) is 12.2 Å². The molecule has 1 amide bonds. The molecule has 0 aliphatic heterocycles. The molecular formula is C55H109NO3. The first-order valence-corrected chi connectivity index (χ1v) is 27.4. The second-order valence-electron chi connectivity index (χ2n) is 19.0. The second kappa shape index (κ2) is 51.5. The predicted molar refractivity (Wildman–Crippen MR) is 263 cm³/mol. The molecule has 0 heterocycles. The number of hydrogen-bond donors (Lipinski definition) is 3. The van der Waals surface area contributed by atoms with Crippen molar-refractivity contribution in [2.75, 3.05) is 6.61 Å². The third-order valence-electron chi connectivity index (χ3n) is 13.0. The van der Waals surface area contributed by atoms with Gasteiger partial charge in [-0.1, -0.05) is 302 Å². The number of carbonyl (C=O) groups excluding carboxylic acids is 1. The number of aliphatic hydroxyl groups excluding tert-OH is 2. The van der Waals surface area contributed by atoms with Crippen molar-refractivity contribution in [3.63, 3.8) is 0 Å². The van der Waals surface area contributed by atoms with E-state index in [2.05, 4.69) is 19.2 Å². The van der Waals surface area contributed by atoms with Crippen molar-refractivity contribution >= 4 is 5.91 Å². The molecule has 0 rings (SSSR count). The highest BCUT2D eigenvalue weighted by atomic mass is 16.3. The van der Waals surface area contributed by atoms with Crippen LogP contribution in [0.3, 0.4) is 0 Å². The standard InChI is InChI=1S/C55H109NO3/c1-3-5-7-9-11-13-15-17-19-21-23-25-26-27-28-29-30-31-33-35-37-39-41-43-45-47-49-51-55(59)56-53(52-57)54(58)50-48-46-44-42-40-38-36-34-32-24-22-20-18-16-14-12-10-8-6-4-2/h48,50,53-54,57-58H,3-47,49,51-52H2,1-2H3,(H,56,59)/b50-48+. The van der Waals surface area contributed by atoms with Crippen molar-refractivity contribution in [3.05, 3.63) is 12.2 Å². The molecule has 3 N–H and O–H groups in total. The lowest BCUT2D eigenvalue weighted by Gasteiger charge is -2.20. The normalized spacial score (nSPS) is 12.8. The molecule has 59 heavy (non-hydrogen) atoms. The van der Waals surface area contributed by atoms with Crippen LogP contribution in [0.4, 0.5) is 0 Å². The van der Waals surface area contributed by atoms with Gasteiger partial charge in [-0.05, 0) is 19.3 Å². The Morgan fingerprint density at radius 3 is 0.881 bits per heavy atom. The fourth-order valence-electron chi connectivity index (χ4n) is 8.83. The molecule has 0 aromatic carbocycles. The largest absolute Gasteiger partial charge is 0.394 e. The molecule has 0 bridgehead atoms. The summed E-state index contributed by atoms with van der Waals surface area (Å²) >= 11 is 0. The lowest BCUT2D eigenvalue weighted by molar-refractivity contribution is -0.123. The van der Waals surface area contributed by atoms with Crippen LogP contribution in [-0.2, 0) is 4.79 Å². The Kier molecular flexibility index (Phi) is 50.7. The van der Waals surface area contributed by atoms with E-state index in [0.717, 1.165) is 25.7 Å². The van der Waals surface area contributed by atoms with Gasteiger partial charge in [0.25, 0.3) is 0 Å². The van der Waals surface area contributed by atoms with Crippen LogP contribution in [0.1, 0.15) is 316 Å². The van der Waals surface area contributed by atoms with Gasteiger partial charge >= 0.3 is 0 Å². The Morgan fingerprint density at radius 2 is 0.627 bits per heavy atom. The first-order chi connectivity index (χ1) is 29.2. The fraction of sp³-hybridized carbons (Fsp3) is 0.945. The van der Waals surface area contributed by atoms with Crippen LogP contribution in [0.25, 0.3) is 0 Å². The molecule has 0 aromatic rings. The summed E-state index contributed by atoms with van der Waals surface area (Å²) in [7, 11) is 0. The van der Waals surface area contributed by atoms with E-state index >= 15 is 0 Å². The van der Waals surface area contributed by atoms with Crippen molar-refractivity contribution in [1.82, 2.24) is 5.32 Å². The van der Waals surface area contributed by atoms with E-state index in [1.165, 1.54) is 270 Å². The Morgan fingerprint density at radius 1 is 0.390 bits per heavy atom. The highest BCUT2D eigenvalue weighted by molar-refractivity contribution is 5.76. The maximum Gasteiger partial charge on any atom is 0.220 e. The van der Waals surface area contributed by atoms with Gasteiger partial charge in [0.1, 0.15) is 0 Å². The summed E-state index contributed by atoms with van der Waals surface area (Å²) in [6.07, 6.45) is 66.5. The number of carbonyl (C=O) groups is 1. The highest BCUT2D eigenvalue weighted by Crippen LogP contribution is 2.18. The van der Waals surface area contributed by atoms with Crippen molar-refractivity contribution in [2.24, 2.45) is 0 Å². The van der Waals surface area contributed by atoms with Gasteiger partial charge in [-0.2, -0.15) is 0 Å². The van der Waals surface area contributed by atoms with Gasteiger partial charge in [0.2, 0.25) is 5.91 Å². The smallest absolute Gasteiger partial charge is 0.220 e.